The molecule has 2 unspecified atom stereocenters. The first-order valence-corrected chi connectivity index (χ1v) is 6.06. The molecule has 0 radical (unpaired) electrons. The molecule has 1 N–H and O–H groups in total. The first kappa shape index (κ1) is 12.0. The maximum atomic E-state index is 10.8. The van der Waals surface area contributed by atoms with Crippen LogP contribution in [0.2, 0.25) is 0 Å². The third kappa shape index (κ3) is 2.43. The van der Waals surface area contributed by atoms with Crippen molar-refractivity contribution in [1.82, 2.24) is 0 Å². The molecule has 92 valence electrons. The average molecular weight is 233 g/mol. The van der Waals surface area contributed by atoms with Gasteiger partial charge in [-0.15, -0.1) is 0 Å². The highest BCUT2D eigenvalue weighted by molar-refractivity contribution is 5.76. The third-order valence-electron chi connectivity index (χ3n) is 3.54. The van der Waals surface area contributed by atoms with E-state index in [1.54, 1.807) is 0 Å². The molecule has 0 aromatic heterocycles. The van der Waals surface area contributed by atoms with E-state index >= 15 is 0 Å². The Morgan fingerprint density at radius 2 is 1.94 bits per heavy atom. The second-order valence-corrected chi connectivity index (χ2v) is 5.10. The molecule has 2 atom stereocenters. The fourth-order valence-electron chi connectivity index (χ4n) is 2.16. The predicted molar refractivity (Wildman–Crippen MR) is 68.5 cm³/mol. The van der Waals surface area contributed by atoms with Crippen LogP contribution in [0.15, 0.2) is 24.3 Å². The number of benzene rings is 1. The van der Waals surface area contributed by atoms with Crippen molar-refractivity contribution < 1.29 is 9.90 Å². The standard InChI is InChI=1S/C14H19NO2/c1-9(2)10-4-6-11(7-5-10)15(3)13-8-12(13)14(16)17/h4-7,9,12-13H,8H2,1-3H3,(H,16,17). The lowest BCUT2D eigenvalue weighted by atomic mass is 10.0. The van der Waals surface area contributed by atoms with Crippen molar-refractivity contribution in [2.45, 2.75) is 32.2 Å². The number of anilines is 1. The molecular weight excluding hydrogens is 214 g/mol. The maximum absolute atomic E-state index is 10.8. The van der Waals surface area contributed by atoms with Crippen LogP contribution >= 0.6 is 0 Å². The normalized spacial score (nSPS) is 22.6. The van der Waals surface area contributed by atoms with Crippen LogP contribution in [0.3, 0.4) is 0 Å². The molecule has 0 bridgehead atoms. The predicted octanol–water partition coefficient (Wildman–Crippen LogP) is 2.72. The van der Waals surface area contributed by atoms with E-state index in [1.165, 1.54) is 5.56 Å². The van der Waals surface area contributed by atoms with Crippen LogP contribution in [0.1, 0.15) is 31.7 Å². The van der Waals surface area contributed by atoms with E-state index in [-0.39, 0.29) is 12.0 Å². The summed E-state index contributed by atoms with van der Waals surface area (Å²) in [5.41, 5.74) is 2.41. The van der Waals surface area contributed by atoms with Crippen LogP contribution in [0, 0.1) is 5.92 Å². The zero-order valence-corrected chi connectivity index (χ0v) is 10.6. The van der Waals surface area contributed by atoms with Crippen LogP contribution in [-0.2, 0) is 4.79 Å². The van der Waals surface area contributed by atoms with Crippen LogP contribution < -0.4 is 4.90 Å². The Morgan fingerprint density at radius 3 is 2.35 bits per heavy atom. The van der Waals surface area contributed by atoms with Crippen LogP contribution in [0.5, 0.6) is 0 Å². The number of hydrogen-bond donors (Lipinski definition) is 1. The molecule has 2 rings (SSSR count). The molecule has 1 aliphatic rings. The molecule has 1 saturated carbocycles. The van der Waals surface area contributed by atoms with Crippen molar-refractivity contribution in [2.75, 3.05) is 11.9 Å². The molecule has 3 nitrogen and oxygen atoms in total. The van der Waals surface area contributed by atoms with Crippen molar-refractivity contribution in [2.24, 2.45) is 5.92 Å². The van der Waals surface area contributed by atoms with Crippen LogP contribution in [0.25, 0.3) is 0 Å². The van der Waals surface area contributed by atoms with Gasteiger partial charge in [0.15, 0.2) is 0 Å². The van der Waals surface area contributed by atoms with Crippen molar-refractivity contribution in [3.8, 4) is 0 Å². The van der Waals surface area contributed by atoms with Gasteiger partial charge in [-0.25, -0.2) is 0 Å². The van der Waals surface area contributed by atoms with Gasteiger partial charge in [0.1, 0.15) is 0 Å². The molecular formula is C14H19NO2. The number of carboxylic acid groups (broad SMARTS) is 1. The molecule has 1 aromatic rings. The maximum Gasteiger partial charge on any atom is 0.308 e. The minimum atomic E-state index is -0.680. The molecule has 1 aromatic carbocycles. The lowest BCUT2D eigenvalue weighted by molar-refractivity contribution is -0.138. The van der Waals surface area contributed by atoms with Gasteiger partial charge in [-0.3, -0.25) is 4.79 Å². The summed E-state index contributed by atoms with van der Waals surface area (Å²) in [6.07, 6.45) is 0.762. The Labute approximate surface area is 102 Å². The van der Waals surface area contributed by atoms with E-state index in [4.69, 9.17) is 5.11 Å². The number of carbonyl (C=O) groups is 1. The van der Waals surface area contributed by atoms with Gasteiger partial charge in [-0.2, -0.15) is 0 Å². The lowest BCUT2D eigenvalue weighted by Gasteiger charge is -2.19. The van der Waals surface area contributed by atoms with E-state index in [2.05, 4.69) is 43.0 Å². The van der Waals surface area contributed by atoms with Crippen molar-refractivity contribution in [3.05, 3.63) is 29.8 Å². The number of hydrogen-bond acceptors (Lipinski definition) is 2. The fraction of sp³-hybridized carbons (Fsp3) is 0.500. The van der Waals surface area contributed by atoms with Crippen LogP contribution in [0.4, 0.5) is 5.69 Å². The van der Waals surface area contributed by atoms with Crippen molar-refractivity contribution >= 4 is 11.7 Å². The molecule has 3 heteroatoms. The lowest BCUT2D eigenvalue weighted by Crippen LogP contribution is -2.23. The summed E-state index contributed by atoms with van der Waals surface area (Å²) < 4.78 is 0. The Balaban J connectivity index is 2.06. The molecule has 0 amide bonds. The molecule has 0 spiro atoms. The molecule has 0 aliphatic heterocycles. The Hall–Kier alpha value is -1.51. The van der Waals surface area contributed by atoms with Crippen molar-refractivity contribution in [1.29, 1.82) is 0 Å². The van der Waals surface area contributed by atoms with Gasteiger partial charge in [0, 0.05) is 18.8 Å². The summed E-state index contributed by atoms with van der Waals surface area (Å²) >= 11 is 0. The summed E-state index contributed by atoms with van der Waals surface area (Å²) in [5.74, 6) is -0.340. The SMILES string of the molecule is CC(C)c1ccc(N(C)C2CC2C(=O)O)cc1. The van der Waals surface area contributed by atoms with Gasteiger partial charge in [0.2, 0.25) is 0 Å². The second kappa shape index (κ2) is 4.40. The Bertz CT molecular complexity index is 411. The van der Waals surface area contributed by atoms with E-state index in [0.717, 1.165) is 12.1 Å². The number of rotatable bonds is 4. The molecule has 1 aliphatic carbocycles. The summed E-state index contributed by atoms with van der Waals surface area (Å²) in [5, 5.41) is 8.91. The second-order valence-electron chi connectivity index (χ2n) is 5.10. The highest BCUT2D eigenvalue weighted by Gasteiger charge is 2.46. The number of aliphatic carboxylic acids is 1. The van der Waals surface area contributed by atoms with E-state index in [0.29, 0.717) is 5.92 Å². The van der Waals surface area contributed by atoms with Gasteiger partial charge in [0.25, 0.3) is 0 Å². The Kier molecular flexibility index (Phi) is 3.09. The average Bonchev–Trinajstić information content (AvgIpc) is 3.08. The van der Waals surface area contributed by atoms with Gasteiger partial charge in [-0.1, -0.05) is 26.0 Å². The molecule has 0 saturated heterocycles. The van der Waals surface area contributed by atoms with E-state index in [1.807, 2.05) is 7.05 Å². The van der Waals surface area contributed by atoms with E-state index in [9.17, 15) is 4.79 Å². The van der Waals surface area contributed by atoms with Gasteiger partial charge in [-0.05, 0) is 30.0 Å². The molecule has 1 fully saturated rings. The highest BCUT2D eigenvalue weighted by Crippen LogP contribution is 2.37. The first-order chi connectivity index (χ1) is 8.00. The fourth-order valence-corrected chi connectivity index (χ4v) is 2.16. The quantitative estimate of drug-likeness (QED) is 0.869. The minimum Gasteiger partial charge on any atom is -0.481 e. The zero-order chi connectivity index (χ0) is 12.6. The zero-order valence-electron chi connectivity index (χ0n) is 10.6. The van der Waals surface area contributed by atoms with E-state index < -0.39 is 5.97 Å². The summed E-state index contributed by atoms with van der Waals surface area (Å²) in [6, 6.07) is 8.56. The smallest absolute Gasteiger partial charge is 0.308 e. The van der Waals surface area contributed by atoms with Gasteiger partial charge < -0.3 is 10.0 Å². The highest BCUT2D eigenvalue weighted by atomic mass is 16.4. The summed E-state index contributed by atoms with van der Waals surface area (Å²) in [7, 11) is 1.97. The number of carboxylic acids is 1. The minimum absolute atomic E-state index is 0.164. The first-order valence-electron chi connectivity index (χ1n) is 6.06. The number of nitrogens with zero attached hydrogens (tertiary/aromatic N) is 1. The molecule has 17 heavy (non-hydrogen) atoms. The summed E-state index contributed by atoms with van der Waals surface area (Å²) in [6.45, 7) is 4.33. The Morgan fingerprint density at radius 1 is 1.35 bits per heavy atom. The van der Waals surface area contributed by atoms with Crippen LogP contribution in [-0.4, -0.2) is 24.2 Å². The third-order valence-corrected chi connectivity index (χ3v) is 3.54. The summed E-state index contributed by atoms with van der Waals surface area (Å²) in [4.78, 5) is 12.9. The van der Waals surface area contributed by atoms with Crippen molar-refractivity contribution in [3.63, 3.8) is 0 Å². The molecule has 0 heterocycles. The largest absolute Gasteiger partial charge is 0.481 e. The van der Waals surface area contributed by atoms with Gasteiger partial charge >= 0.3 is 5.97 Å². The topological polar surface area (TPSA) is 40.5 Å². The van der Waals surface area contributed by atoms with Gasteiger partial charge in [0.05, 0.1) is 5.92 Å². The monoisotopic (exact) mass is 233 g/mol.